The van der Waals surface area contributed by atoms with Gasteiger partial charge in [-0.25, -0.2) is 4.98 Å². The highest BCUT2D eigenvalue weighted by atomic mass is 35.5. The summed E-state index contributed by atoms with van der Waals surface area (Å²) in [5.41, 5.74) is 0.339. The molecule has 0 bridgehead atoms. The molecule has 0 atom stereocenters. The van der Waals surface area contributed by atoms with Gasteiger partial charge in [-0.2, -0.15) is 0 Å². The van der Waals surface area contributed by atoms with E-state index in [4.69, 9.17) is 11.6 Å². The number of thiazole rings is 1. The fourth-order valence-electron chi connectivity index (χ4n) is 1.35. The third kappa shape index (κ3) is 3.77. The van der Waals surface area contributed by atoms with Crippen molar-refractivity contribution in [3.63, 3.8) is 0 Å². The van der Waals surface area contributed by atoms with Crippen LogP contribution in [0.2, 0.25) is 5.02 Å². The molecule has 2 amide bonds. The first-order valence-electron chi connectivity index (χ1n) is 5.39. The summed E-state index contributed by atoms with van der Waals surface area (Å²) in [7, 11) is 0. The number of anilines is 1. The normalized spacial score (nSPS) is 9.95. The van der Waals surface area contributed by atoms with Gasteiger partial charge in [-0.05, 0) is 12.1 Å². The Hall–Kier alpha value is -1.92. The lowest BCUT2D eigenvalue weighted by Crippen LogP contribution is -2.32. The highest BCUT2D eigenvalue weighted by Crippen LogP contribution is 2.14. The number of rotatable bonds is 4. The quantitative estimate of drug-likeness (QED) is 0.908. The zero-order valence-corrected chi connectivity index (χ0v) is 11.3. The van der Waals surface area contributed by atoms with Gasteiger partial charge in [0.1, 0.15) is 0 Å². The summed E-state index contributed by atoms with van der Waals surface area (Å²) in [5, 5.41) is 7.65. The first-order valence-corrected chi connectivity index (χ1v) is 6.64. The SMILES string of the molecule is O=C(CNC(=O)c1ccccc1Cl)Nc1nccs1. The van der Waals surface area contributed by atoms with Gasteiger partial charge in [0, 0.05) is 11.6 Å². The maximum atomic E-state index is 11.8. The Balaban J connectivity index is 1.87. The number of hydrogen-bond donors (Lipinski definition) is 2. The number of carbonyl (C=O) groups excluding carboxylic acids is 2. The zero-order valence-electron chi connectivity index (χ0n) is 9.72. The lowest BCUT2D eigenvalue weighted by molar-refractivity contribution is -0.115. The summed E-state index contributed by atoms with van der Waals surface area (Å²) in [6.45, 7) is -0.135. The van der Waals surface area contributed by atoms with E-state index in [0.29, 0.717) is 15.7 Å². The second kappa shape index (κ2) is 6.31. The van der Waals surface area contributed by atoms with E-state index in [1.165, 1.54) is 11.3 Å². The van der Waals surface area contributed by atoms with Gasteiger partial charge in [0.05, 0.1) is 17.1 Å². The van der Waals surface area contributed by atoms with Crippen LogP contribution in [0.5, 0.6) is 0 Å². The summed E-state index contributed by atoms with van der Waals surface area (Å²) in [5.74, 6) is -0.727. The summed E-state index contributed by atoms with van der Waals surface area (Å²) in [6.07, 6.45) is 1.59. The molecular formula is C12H10ClN3O2S. The van der Waals surface area contributed by atoms with E-state index in [9.17, 15) is 9.59 Å². The van der Waals surface area contributed by atoms with Crippen molar-refractivity contribution in [3.05, 3.63) is 46.4 Å². The molecule has 0 spiro atoms. The van der Waals surface area contributed by atoms with Gasteiger partial charge in [0.25, 0.3) is 5.91 Å². The van der Waals surface area contributed by atoms with Crippen molar-refractivity contribution in [1.29, 1.82) is 0 Å². The molecule has 0 fully saturated rings. The molecule has 0 unspecified atom stereocenters. The van der Waals surface area contributed by atoms with Crippen LogP contribution in [-0.4, -0.2) is 23.3 Å². The molecule has 1 heterocycles. The number of nitrogens with zero attached hydrogens (tertiary/aromatic N) is 1. The Morgan fingerprint density at radius 1 is 1.32 bits per heavy atom. The molecule has 0 aliphatic carbocycles. The van der Waals surface area contributed by atoms with Crippen LogP contribution in [0.25, 0.3) is 0 Å². The van der Waals surface area contributed by atoms with Gasteiger partial charge in [0.15, 0.2) is 5.13 Å². The van der Waals surface area contributed by atoms with Crippen molar-refractivity contribution < 1.29 is 9.59 Å². The molecule has 5 nitrogen and oxygen atoms in total. The number of benzene rings is 1. The molecule has 19 heavy (non-hydrogen) atoms. The summed E-state index contributed by atoms with van der Waals surface area (Å²) >= 11 is 7.19. The number of carbonyl (C=O) groups is 2. The molecule has 7 heteroatoms. The molecular weight excluding hydrogens is 286 g/mol. The second-order valence-corrected chi connectivity index (χ2v) is 4.85. The first kappa shape index (κ1) is 13.5. The lowest BCUT2D eigenvalue weighted by atomic mass is 10.2. The lowest BCUT2D eigenvalue weighted by Gasteiger charge is -2.06. The van der Waals surface area contributed by atoms with E-state index < -0.39 is 0 Å². The Morgan fingerprint density at radius 2 is 2.11 bits per heavy atom. The predicted molar refractivity (Wildman–Crippen MR) is 74.5 cm³/mol. The van der Waals surface area contributed by atoms with E-state index in [1.807, 2.05) is 0 Å². The van der Waals surface area contributed by atoms with Crippen molar-refractivity contribution in [3.8, 4) is 0 Å². The second-order valence-electron chi connectivity index (χ2n) is 3.55. The molecule has 1 aromatic heterocycles. The maximum absolute atomic E-state index is 11.8. The fourth-order valence-corrected chi connectivity index (χ4v) is 2.12. The molecule has 1 aromatic carbocycles. The van der Waals surface area contributed by atoms with Gasteiger partial charge in [-0.3, -0.25) is 9.59 Å². The van der Waals surface area contributed by atoms with Crippen LogP contribution in [0.3, 0.4) is 0 Å². The van der Waals surface area contributed by atoms with Crippen LogP contribution < -0.4 is 10.6 Å². The van der Waals surface area contributed by atoms with Crippen molar-refractivity contribution in [2.24, 2.45) is 0 Å². The molecule has 2 N–H and O–H groups in total. The average Bonchev–Trinajstić information content (AvgIpc) is 2.89. The highest BCUT2D eigenvalue weighted by Gasteiger charge is 2.11. The topological polar surface area (TPSA) is 71.1 Å². The van der Waals surface area contributed by atoms with Crippen molar-refractivity contribution >= 4 is 39.9 Å². The van der Waals surface area contributed by atoms with Crippen molar-refractivity contribution in [1.82, 2.24) is 10.3 Å². The first-order chi connectivity index (χ1) is 9.16. The number of amides is 2. The molecule has 0 saturated heterocycles. The highest BCUT2D eigenvalue weighted by molar-refractivity contribution is 7.13. The summed E-state index contributed by atoms with van der Waals surface area (Å²) < 4.78 is 0. The van der Waals surface area contributed by atoms with Gasteiger partial charge in [0.2, 0.25) is 5.91 Å². The van der Waals surface area contributed by atoms with Crippen LogP contribution in [-0.2, 0) is 4.79 Å². The van der Waals surface area contributed by atoms with Crippen LogP contribution in [0.1, 0.15) is 10.4 Å². The van der Waals surface area contributed by atoms with E-state index >= 15 is 0 Å². The average molecular weight is 296 g/mol. The number of nitrogens with one attached hydrogen (secondary N) is 2. The minimum absolute atomic E-state index is 0.135. The molecule has 98 valence electrons. The molecule has 2 aromatic rings. The minimum Gasteiger partial charge on any atom is -0.343 e. The van der Waals surface area contributed by atoms with E-state index in [2.05, 4.69) is 15.6 Å². The van der Waals surface area contributed by atoms with E-state index in [-0.39, 0.29) is 18.4 Å². The standard InChI is InChI=1S/C12H10ClN3O2S/c13-9-4-2-1-3-8(9)11(18)15-7-10(17)16-12-14-5-6-19-12/h1-6H,7H2,(H,15,18)(H,14,16,17). The maximum Gasteiger partial charge on any atom is 0.253 e. The smallest absolute Gasteiger partial charge is 0.253 e. The Bertz CT molecular complexity index is 586. The third-order valence-corrected chi connectivity index (χ3v) is 3.22. The molecule has 0 radical (unpaired) electrons. The molecule has 2 rings (SSSR count). The van der Waals surface area contributed by atoms with Gasteiger partial charge in [-0.1, -0.05) is 23.7 Å². The van der Waals surface area contributed by atoms with Crippen molar-refractivity contribution in [2.75, 3.05) is 11.9 Å². The Kier molecular flexibility index (Phi) is 4.48. The van der Waals surface area contributed by atoms with E-state index in [1.54, 1.807) is 35.8 Å². The van der Waals surface area contributed by atoms with Gasteiger partial charge in [-0.15, -0.1) is 11.3 Å². The van der Waals surface area contributed by atoms with Crippen LogP contribution in [0.4, 0.5) is 5.13 Å². The Labute approximate surface area is 118 Å². The summed E-state index contributed by atoms with van der Waals surface area (Å²) in [6, 6.07) is 6.65. The number of aromatic nitrogens is 1. The predicted octanol–water partition coefficient (Wildman–Crippen LogP) is 2.17. The number of halogens is 1. The van der Waals surface area contributed by atoms with Gasteiger partial charge < -0.3 is 10.6 Å². The zero-order chi connectivity index (χ0) is 13.7. The van der Waals surface area contributed by atoms with E-state index in [0.717, 1.165) is 0 Å². The minimum atomic E-state index is -0.389. The van der Waals surface area contributed by atoms with Gasteiger partial charge >= 0.3 is 0 Å². The molecule has 0 aliphatic rings. The summed E-state index contributed by atoms with van der Waals surface area (Å²) in [4.78, 5) is 27.2. The Morgan fingerprint density at radius 3 is 2.79 bits per heavy atom. The molecule has 0 saturated carbocycles. The molecule has 0 aliphatic heterocycles. The largest absolute Gasteiger partial charge is 0.343 e. The van der Waals surface area contributed by atoms with Crippen molar-refractivity contribution in [2.45, 2.75) is 0 Å². The van der Waals surface area contributed by atoms with Crippen LogP contribution >= 0.6 is 22.9 Å². The number of hydrogen-bond acceptors (Lipinski definition) is 4. The monoisotopic (exact) mass is 295 g/mol. The van der Waals surface area contributed by atoms with Crippen LogP contribution in [0.15, 0.2) is 35.8 Å². The van der Waals surface area contributed by atoms with Crippen LogP contribution in [0, 0.1) is 0 Å². The third-order valence-electron chi connectivity index (χ3n) is 2.21. The fraction of sp³-hybridized carbons (Fsp3) is 0.0833.